The molecule has 0 saturated heterocycles. The number of carbonyl (C=O) groups is 1. The molecule has 5 N–H and O–H groups in total. The Morgan fingerprint density at radius 3 is 2.73 bits per heavy atom. The van der Waals surface area contributed by atoms with Gasteiger partial charge in [-0.1, -0.05) is 30.3 Å². The van der Waals surface area contributed by atoms with Gasteiger partial charge in [0.1, 0.15) is 17.9 Å². The van der Waals surface area contributed by atoms with Crippen LogP contribution >= 0.6 is 11.3 Å². The van der Waals surface area contributed by atoms with E-state index in [2.05, 4.69) is 20.3 Å². The fourth-order valence-corrected chi connectivity index (χ4v) is 3.85. The molecule has 1 amide bonds. The molecule has 2 heterocycles. The lowest BCUT2D eigenvalue weighted by Gasteiger charge is -2.08. The normalized spacial score (nSPS) is 10.8. The van der Waals surface area contributed by atoms with Crippen LogP contribution in [0.1, 0.15) is 15.4 Å². The van der Waals surface area contributed by atoms with E-state index in [1.54, 1.807) is 12.3 Å². The zero-order chi connectivity index (χ0) is 20.9. The van der Waals surface area contributed by atoms with E-state index < -0.39 is 0 Å². The van der Waals surface area contributed by atoms with Gasteiger partial charge >= 0.3 is 0 Å². The van der Waals surface area contributed by atoms with Crippen LogP contribution in [0.3, 0.4) is 0 Å². The summed E-state index contributed by atoms with van der Waals surface area (Å²) in [6.45, 7) is 1.12. The van der Waals surface area contributed by atoms with Crippen molar-refractivity contribution in [2.45, 2.75) is 6.54 Å². The number of fused-ring (bicyclic) bond motifs is 1. The number of nitrogens with two attached hydrogens (primary N) is 2. The number of carbonyl (C=O) groups excluding carboxylic acids is 1. The highest BCUT2D eigenvalue weighted by molar-refractivity contribution is 7.20. The Hall–Kier alpha value is -3.56. The average Bonchev–Trinajstić information content (AvgIpc) is 3.21. The van der Waals surface area contributed by atoms with Crippen LogP contribution in [0.25, 0.3) is 21.5 Å². The third kappa shape index (κ3) is 4.37. The topological polar surface area (TPSA) is 129 Å². The summed E-state index contributed by atoms with van der Waals surface area (Å²) in [7, 11) is 0. The molecule has 0 radical (unpaired) electrons. The van der Waals surface area contributed by atoms with Gasteiger partial charge in [0.15, 0.2) is 5.01 Å². The summed E-state index contributed by atoms with van der Waals surface area (Å²) in [6.07, 6.45) is 1.59. The highest BCUT2D eigenvalue weighted by Crippen LogP contribution is 2.35. The summed E-state index contributed by atoms with van der Waals surface area (Å²) in [6, 6.07) is 15.2. The van der Waals surface area contributed by atoms with Crippen molar-refractivity contribution in [1.82, 2.24) is 20.3 Å². The summed E-state index contributed by atoms with van der Waals surface area (Å²) in [5.41, 5.74) is 14.4. The SMILES string of the molecule is NCCOc1cc(-c2ccnc(N)n2)cc2sc(C(=O)NCc3ccccc3)nc12. The number of ether oxygens (including phenoxy) is 1. The van der Waals surface area contributed by atoms with Gasteiger partial charge in [-0.15, -0.1) is 11.3 Å². The van der Waals surface area contributed by atoms with Gasteiger partial charge in [0.25, 0.3) is 5.91 Å². The molecule has 0 bridgehead atoms. The van der Waals surface area contributed by atoms with Gasteiger partial charge in [0, 0.05) is 24.8 Å². The lowest BCUT2D eigenvalue weighted by Crippen LogP contribution is -2.22. The number of thiazole rings is 1. The van der Waals surface area contributed by atoms with Crippen LogP contribution in [0.2, 0.25) is 0 Å². The number of amides is 1. The molecule has 0 unspecified atom stereocenters. The average molecular weight is 420 g/mol. The summed E-state index contributed by atoms with van der Waals surface area (Å²) in [5.74, 6) is 0.489. The van der Waals surface area contributed by atoms with Gasteiger partial charge in [-0.3, -0.25) is 4.79 Å². The molecule has 2 aromatic carbocycles. The Morgan fingerprint density at radius 1 is 1.13 bits per heavy atom. The van der Waals surface area contributed by atoms with Crippen LogP contribution in [0.5, 0.6) is 5.75 Å². The van der Waals surface area contributed by atoms with Crippen LogP contribution in [-0.2, 0) is 6.54 Å². The zero-order valence-electron chi connectivity index (χ0n) is 16.0. The summed E-state index contributed by atoms with van der Waals surface area (Å²) < 4.78 is 6.60. The maximum Gasteiger partial charge on any atom is 0.280 e. The minimum absolute atomic E-state index is 0.183. The molecule has 152 valence electrons. The second-order valence-corrected chi connectivity index (χ2v) is 7.48. The highest BCUT2D eigenvalue weighted by atomic mass is 32.1. The smallest absolute Gasteiger partial charge is 0.280 e. The molecule has 2 aromatic heterocycles. The van der Waals surface area contributed by atoms with Crippen molar-refractivity contribution in [2.24, 2.45) is 5.73 Å². The van der Waals surface area contributed by atoms with Gasteiger partial charge in [-0.05, 0) is 23.8 Å². The van der Waals surface area contributed by atoms with Crippen LogP contribution < -0.4 is 21.5 Å². The van der Waals surface area contributed by atoms with Crippen molar-refractivity contribution in [1.29, 1.82) is 0 Å². The first-order valence-corrected chi connectivity index (χ1v) is 10.1. The molecule has 0 aliphatic carbocycles. The Kier molecular flexibility index (Phi) is 5.82. The predicted molar refractivity (Wildman–Crippen MR) is 117 cm³/mol. The molecule has 30 heavy (non-hydrogen) atoms. The van der Waals surface area contributed by atoms with E-state index in [0.29, 0.717) is 41.7 Å². The molecule has 0 spiro atoms. The second kappa shape index (κ2) is 8.85. The molecule has 8 nitrogen and oxygen atoms in total. The van der Waals surface area contributed by atoms with E-state index in [9.17, 15) is 4.79 Å². The standard InChI is InChI=1S/C21H20N6O2S/c22-7-9-29-16-10-14(15-6-8-24-21(23)26-15)11-17-18(16)27-20(30-17)19(28)25-12-13-4-2-1-3-5-13/h1-6,8,10-11H,7,9,12,22H2,(H,25,28)(H2,23,24,26). The molecule has 0 fully saturated rings. The Labute approximate surface area is 176 Å². The molecule has 9 heteroatoms. The second-order valence-electron chi connectivity index (χ2n) is 6.45. The summed E-state index contributed by atoms with van der Waals surface area (Å²) >= 11 is 1.29. The number of hydrogen-bond acceptors (Lipinski definition) is 8. The van der Waals surface area contributed by atoms with Crippen LogP contribution in [0, 0.1) is 0 Å². The Morgan fingerprint density at radius 2 is 1.97 bits per heavy atom. The van der Waals surface area contributed by atoms with E-state index in [1.165, 1.54) is 11.3 Å². The van der Waals surface area contributed by atoms with Crippen molar-refractivity contribution in [3.63, 3.8) is 0 Å². The summed E-state index contributed by atoms with van der Waals surface area (Å²) in [5, 5.41) is 3.26. The number of benzene rings is 2. The third-order valence-corrected chi connectivity index (χ3v) is 5.30. The maximum absolute atomic E-state index is 12.7. The first kappa shape index (κ1) is 19.7. The van der Waals surface area contributed by atoms with E-state index in [4.69, 9.17) is 16.2 Å². The molecule has 4 rings (SSSR count). The monoisotopic (exact) mass is 420 g/mol. The number of hydrogen-bond donors (Lipinski definition) is 3. The van der Waals surface area contributed by atoms with Gasteiger partial charge in [-0.2, -0.15) is 0 Å². The number of anilines is 1. The van der Waals surface area contributed by atoms with Crippen LogP contribution in [0.15, 0.2) is 54.7 Å². The lowest BCUT2D eigenvalue weighted by atomic mass is 10.1. The van der Waals surface area contributed by atoms with Crippen molar-refractivity contribution in [3.05, 3.63) is 65.3 Å². The highest BCUT2D eigenvalue weighted by Gasteiger charge is 2.17. The largest absolute Gasteiger partial charge is 0.490 e. The Bertz CT molecular complexity index is 1180. The van der Waals surface area contributed by atoms with Gasteiger partial charge < -0.3 is 21.5 Å². The molecule has 0 aliphatic heterocycles. The van der Waals surface area contributed by atoms with Crippen molar-refractivity contribution >= 4 is 33.4 Å². The van der Waals surface area contributed by atoms with Gasteiger partial charge in [0.2, 0.25) is 5.95 Å². The fraction of sp³-hybridized carbons (Fsp3) is 0.143. The number of aromatic nitrogens is 3. The first-order valence-electron chi connectivity index (χ1n) is 9.32. The zero-order valence-corrected chi connectivity index (χ0v) is 16.9. The fourth-order valence-electron chi connectivity index (χ4n) is 2.91. The molecular weight excluding hydrogens is 400 g/mol. The minimum Gasteiger partial charge on any atom is -0.490 e. The van der Waals surface area contributed by atoms with Crippen molar-refractivity contribution in [2.75, 3.05) is 18.9 Å². The van der Waals surface area contributed by atoms with Crippen molar-refractivity contribution < 1.29 is 9.53 Å². The van der Waals surface area contributed by atoms with E-state index in [-0.39, 0.29) is 11.9 Å². The number of nitrogen functional groups attached to an aromatic ring is 1. The molecule has 0 atom stereocenters. The number of rotatable bonds is 7. The third-order valence-electron chi connectivity index (χ3n) is 4.30. The van der Waals surface area contributed by atoms with Gasteiger partial charge in [-0.25, -0.2) is 15.0 Å². The van der Waals surface area contributed by atoms with Crippen LogP contribution in [0.4, 0.5) is 5.95 Å². The van der Waals surface area contributed by atoms with Crippen LogP contribution in [-0.4, -0.2) is 34.0 Å². The molecule has 0 saturated carbocycles. The van der Waals surface area contributed by atoms with E-state index in [0.717, 1.165) is 15.8 Å². The van der Waals surface area contributed by atoms with E-state index in [1.807, 2.05) is 42.5 Å². The number of nitrogens with zero attached hydrogens (tertiary/aromatic N) is 3. The Balaban J connectivity index is 1.66. The quantitative estimate of drug-likeness (QED) is 0.419. The maximum atomic E-state index is 12.7. The predicted octanol–water partition coefficient (Wildman–Crippen LogP) is 2.60. The first-order chi connectivity index (χ1) is 14.6. The van der Waals surface area contributed by atoms with Gasteiger partial charge in [0.05, 0.1) is 10.4 Å². The molecular formula is C21H20N6O2S. The van der Waals surface area contributed by atoms with Crippen molar-refractivity contribution in [3.8, 4) is 17.0 Å². The summed E-state index contributed by atoms with van der Waals surface area (Å²) in [4.78, 5) is 25.4. The molecule has 4 aromatic rings. The minimum atomic E-state index is -0.238. The molecule has 0 aliphatic rings. The number of nitrogens with one attached hydrogen (secondary N) is 1. The lowest BCUT2D eigenvalue weighted by molar-refractivity contribution is 0.0950. The van der Waals surface area contributed by atoms with E-state index >= 15 is 0 Å².